The van der Waals surface area contributed by atoms with Crippen LogP contribution >= 0.6 is 0 Å². The molecule has 0 aromatic heterocycles. The highest BCUT2D eigenvalue weighted by molar-refractivity contribution is 5.75. The van der Waals surface area contributed by atoms with Crippen LogP contribution in [0.4, 0.5) is 5.69 Å². The van der Waals surface area contributed by atoms with E-state index >= 15 is 0 Å². The lowest BCUT2D eigenvalue weighted by molar-refractivity contribution is -0.121. The first-order valence-corrected chi connectivity index (χ1v) is 7.99. The molecule has 1 aromatic carbocycles. The Hall–Kier alpha value is -1.55. The summed E-state index contributed by atoms with van der Waals surface area (Å²) in [5, 5.41) is 6.37. The quantitative estimate of drug-likeness (QED) is 0.720. The van der Waals surface area contributed by atoms with Crippen molar-refractivity contribution in [2.45, 2.75) is 25.7 Å². The van der Waals surface area contributed by atoms with Gasteiger partial charge in [0.15, 0.2) is 0 Å². The Morgan fingerprint density at radius 3 is 2.90 bits per heavy atom. The number of benzene rings is 1. The molecule has 0 radical (unpaired) electrons. The summed E-state index contributed by atoms with van der Waals surface area (Å²) < 4.78 is 0. The lowest BCUT2D eigenvalue weighted by Crippen LogP contribution is -2.28. The van der Waals surface area contributed by atoms with Gasteiger partial charge in [0.1, 0.15) is 0 Å². The van der Waals surface area contributed by atoms with Gasteiger partial charge in [0.25, 0.3) is 0 Å². The third-order valence-electron chi connectivity index (χ3n) is 4.13. The maximum Gasteiger partial charge on any atom is 0.220 e. The topological polar surface area (TPSA) is 44.4 Å². The molecule has 1 amide bonds. The summed E-state index contributed by atoms with van der Waals surface area (Å²) in [6, 6.07) is 10.3. The van der Waals surface area contributed by atoms with E-state index in [1.165, 1.54) is 12.1 Å². The molecule has 0 bridgehead atoms. The molecular formula is C17H27N3O. The van der Waals surface area contributed by atoms with Crippen molar-refractivity contribution in [1.82, 2.24) is 10.6 Å². The van der Waals surface area contributed by atoms with Crippen molar-refractivity contribution in [3.63, 3.8) is 0 Å². The molecule has 1 fully saturated rings. The highest BCUT2D eigenvalue weighted by atomic mass is 16.1. The van der Waals surface area contributed by atoms with Crippen LogP contribution in [0, 0.1) is 5.92 Å². The molecule has 1 heterocycles. The lowest BCUT2D eigenvalue weighted by atomic mass is 10.0. The van der Waals surface area contributed by atoms with E-state index < -0.39 is 0 Å². The van der Waals surface area contributed by atoms with E-state index in [1.807, 2.05) is 18.2 Å². The van der Waals surface area contributed by atoms with Crippen LogP contribution in [0.1, 0.15) is 25.7 Å². The molecule has 1 aliphatic rings. The van der Waals surface area contributed by atoms with Crippen molar-refractivity contribution >= 4 is 11.6 Å². The number of para-hydroxylation sites is 1. The number of hydrogen-bond acceptors (Lipinski definition) is 3. The Labute approximate surface area is 127 Å². The van der Waals surface area contributed by atoms with Crippen LogP contribution < -0.4 is 15.5 Å². The molecule has 0 spiro atoms. The van der Waals surface area contributed by atoms with Crippen molar-refractivity contribution in [2.75, 3.05) is 38.1 Å². The largest absolute Gasteiger partial charge is 0.375 e. The Morgan fingerprint density at radius 1 is 1.38 bits per heavy atom. The molecule has 4 heteroatoms. The fraction of sp³-hybridized carbons (Fsp3) is 0.588. The average molecular weight is 289 g/mol. The van der Waals surface area contributed by atoms with Crippen molar-refractivity contribution in [3.05, 3.63) is 30.3 Å². The second-order valence-corrected chi connectivity index (χ2v) is 5.86. The summed E-state index contributed by atoms with van der Waals surface area (Å²) in [5.74, 6) is 0.893. The first-order valence-electron chi connectivity index (χ1n) is 7.99. The van der Waals surface area contributed by atoms with Crippen LogP contribution in [0.2, 0.25) is 0 Å². The number of rotatable bonds is 8. The van der Waals surface area contributed by atoms with Crippen LogP contribution in [-0.4, -0.2) is 39.1 Å². The predicted octanol–water partition coefficient (Wildman–Crippen LogP) is 2.02. The van der Waals surface area contributed by atoms with E-state index in [1.54, 1.807) is 0 Å². The first kappa shape index (κ1) is 15.8. The summed E-state index contributed by atoms with van der Waals surface area (Å²) in [6.07, 6.45) is 3.88. The molecule has 21 heavy (non-hydrogen) atoms. The number of hydrogen-bond donors (Lipinski definition) is 2. The van der Waals surface area contributed by atoms with Gasteiger partial charge in [0, 0.05) is 32.2 Å². The molecule has 1 unspecified atom stereocenters. The molecule has 1 aliphatic heterocycles. The molecule has 1 saturated heterocycles. The maximum absolute atomic E-state index is 11.8. The number of amides is 1. The number of nitrogens with zero attached hydrogens (tertiary/aromatic N) is 1. The fourth-order valence-electron chi connectivity index (χ4n) is 2.74. The van der Waals surface area contributed by atoms with E-state index in [0.29, 0.717) is 12.3 Å². The van der Waals surface area contributed by atoms with Crippen LogP contribution in [0.5, 0.6) is 0 Å². The van der Waals surface area contributed by atoms with Gasteiger partial charge in [-0.3, -0.25) is 4.79 Å². The van der Waals surface area contributed by atoms with Crippen LogP contribution in [-0.2, 0) is 4.79 Å². The molecule has 0 aliphatic carbocycles. The lowest BCUT2D eigenvalue weighted by Gasteiger charge is -2.19. The minimum Gasteiger partial charge on any atom is -0.375 e. The van der Waals surface area contributed by atoms with Crippen LogP contribution in [0.25, 0.3) is 0 Å². The number of carbonyl (C=O) groups is 1. The highest BCUT2D eigenvalue weighted by Crippen LogP contribution is 2.14. The molecule has 2 N–H and O–H groups in total. The van der Waals surface area contributed by atoms with Crippen LogP contribution in [0.15, 0.2) is 30.3 Å². The molecule has 1 aromatic rings. The van der Waals surface area contributed by atoms with Gasteiger partial charge in [0.2, 0.25) is 5.91 Å². The third kappa shape index (κ3) is 5.76. The molecule has 116 valence electrons. The van der Waals surface area contributed by atoms with Gasteiger partial charge in [-0.1, -0.05) is 18.2 Å². The van der Waals surface area contributed by atoms with Crippen molar-refractivity contribution < 1.29 is 4.79 Å². The second kappa shape index (κ2) is 8.67. The van der Waals surface area contributed by atoms with Crippen molar-refractivity contribution in [2.24, 2.45) is 5.92 Å². The summed E-state index contributed by atoms with van der Waals surface area (Å²) >= 11 is 0. The second-order valence-electron chi connectivity index (χ2n) is 5.86. The Morgan fingerprint density at radius 2 is 2.19 bits per heavy atom. The van der Waals surface area contributed by atoms with Gasteiger partial charge < -0.3 is 15.5 Å². The zero-order chi connectivity index (χ0) is 14.9. The molecule has 2 rings (SSSR count). The van der Waals surface area contributed by atoms with Crippen molar-refractivity contribution in [3.8, 4) is 0 Å². The van der Waals surface area contributed by atoms with E-state index in [2.05, 4.69) is 34.7 Å². The van der Waals surface area contributed by atoms with Gasteiger partial charge in [0.05, 0.1) is 0 Å². The smallest absolute Gasteiger partial charge is 0.220 e. The normalized spacial score (nSPS) is 17.7. The number of carbonyl (C=O) groups excluding carboxylic acids is 1. The van der Waals surface area contributed by atoms with E-state index in [-0.39, 0.29) is 5.91 Å². The predicted molar refractivity (Wildman–Crippen MR) is 87.5 cm³/mol. The maximum atomic E-state index is 11.8. The third-order valence-corrected chi connectivity index (χ3v) is 4.13. The molecule has 0 saturated carbocycles. The first-order chi connectivity index (χ1) is 10.3. The minimum absolute atomic E-state index is 0.198. The minimum atomic E-state index is 0.198. The van der Waals surface area contributed by atoms with Gasteiger partial charge in [-0.15, -0.1) is 0 Å². The van der Waals surface area contributed by atoms with Gasteiger partial charge in [-0.2, -0.15) is 0 Å². The van der Waals surface area contributed by atoms with E-state index in [4.69, 9.17) is 0 Å². The standard InChI is InChI=1S/C17H27N3O/c1-20(16-6-3-2-4-7-16)13-5-11-19-17(21)9-8-15-10-12-18-14-15/h2-4,6-7,15,18H,5,8-14H2,1H3,(H,19,21). The molecular weight excluding hydrogens is 262 g/mol. The Balaban J connectivity index is 1.53. The van der Waals surface area contributed by atoms with E-state index in [0.717, 1.165) is 39.0 Å². The summed E-state index contributed by atoms with van der Waals surface area (Å²) in [5.41, 5.74) is 1.22. The van der Waals surface area contributed by atoms with Gasteiger partial charge in [-0.25, -0.2) is 0 Å². The zero-order valence-electron chi connectivity index (χ0n) is 13.0. The Kier molecular flexibility index (Phi) is 6.54. The SMILES string of the molecule is CN(CCCNC(=O)CCC1CCNC1)c1ccccc1. The molecule has 4 nitrogen and oxygen atoms in total. The monoisotopic (exact) mass is 289 g/mol. The zero-order valence-corrected chi connectivity index (χ0v) is 13.0. The van der Waals surface area contributed by atoms with Gasteiger partial charge in [-0.05, 0) is 50.4 Å². The molecule has 1 atom stereocenters. The summed E-state index contributed by atoms with van der Waals surface area (Å²) in [6.45, 7) is 3.91. The average Bonchev–Trinajstić information content (AvgIpc) is 3.03. The summed E-state index contributed by atoms with van der Waals surface area (Å²) in [7, 11) is 2.09. The Bertz CT molecular complexity index is 415. The number of nitrogens with one attached hydrogen (secondary N) is 2. The van der Waals surface area contributed by atoms with Crippen LogP contribution in [0.3, 0.4) is 0 Å². The van der Waals surface area contributed by atoms with Gasteiger partial charge >= 0.3 is 0 Å². The van der Waals surface area contributed by atoms with Crippen molar-refractivity contribution in [1.29, 1.82) is 0 Å². The summed E-state index contributed by atoms with van der Waals surface area (Å²) in [4.78, 5) is 14.0. The highest BCUT2D eigenvalue weighted by Gasteiger charge is 2.15. The van der Waals surface area contributed by atoms with E-state index in [9.17, 15) is 4.79 Å². The fourth-order valence-corrected chi connectivity index (χ4v) is 2.74. The number of anilines is 1.